The zero-order valence-corrected chi connectivity index (χ0v) is 11.9. The number of amides is 1. The van der Waals surface area contributed by atoms with Gasteiger partial charge in [-0.05, 0) is 17.2 Å². The molecule has 1 aromatic carbocycles. The van der Waals surface area contributed by atoms with Crippen LogP contribution in [-0.4, -0.2) is 22.7 Å². The molecule has 0 aliphatic heterocycles. The normalized spacial score (nSPS) is 10.5. The molecule has 0 radical (unpaired) electrons. The number of alkyl carbamates (subject to hydrolysis) is 1. The number of benzene rings is 1. The molecule has 0 aliphatic rings. The quantitative estimate of drug-likeness (QED) is 0.787. The number of nitrogens with zero attached hydrogens (tertiary/aromatic N) is 1. The Morgan fingerprint density at radius 3 is 2.86 bits per heavy atom. The Morgan fingerprint density at radius 1 is 1.36 bits per heavy atom. The van der Waals surface area contributed by atoms with E-state index >= 15 is 0 Å². The standard InChI is InChI=1S/C16H17N3O3/c17-15-14(20)9-13(10-19-15)7-4-8-18-16(21)22-11-12-5-2-1-3-6-12/h1-7,9-10,20H,8,11H2,(H2,17,19)(H,18,21). The average Bonchev–Trinajstić information content (AvgIpc) is 2.54. The Balaban J connectivity index is 1.72. The molecule has 2 aromatic rings. The number of hydrogen-bond donors (Lipinski definition) is 3. The number of nitrogen functional groups attached to an aromatic ring is 1. The van der Waals surface area contributed by atoms with Crippen LogP contribution >= 0.6 is 0 Å². The highest BCUT2D eigenvalue weighted by Gasteiger charge is 2.00. The fraction of sp³-hybridized carbons (Fsp3) is 0.125. The number of pyridine rings is 1. The van der Waals surface area contributed by atoms with Crippen molar-refractivity contribution in [3.63, 3.8) is 0 Å². The number of hydrogen-bond acceptors (Lipinski definition) is 5. The molecule has 0 atom stereocenters. The van der Waals surface area contributed by atoms with Crippen LogP contribution in [0.4, 0.5) is 10.6 Å². The minimum absolute atomic E-state index is 0.0719. The molecule has 6 nitrogen and oxygen atoms in total. The summed E-state index contributed by atoms with van der Waals surface area (Å²) in [6.45, 7) is 0.533. The van der Waals surface area contributed by atoms with Gasteiger partial charge in [-0.2, -0.15) is 0 Å². The second-order valence-electron chi connectivity index (χ2n) is 4.52. The fourth-order valence-corrected chi connectivity index (χ4v) is 1.68. The first-order chi connectivity index (χ1) is 10.6. The van der Waals surface area contributed by atoms with Crippen molar-refractivity contribution in [2.24, 2.45) is 0 Å². The van der Waals surface area contributed by atoms with Crippen molar-refractivity contribution in [2.45, 2.75) is 6.61 Å². The molecule has 1 heterocycles. The van der Waals surface area contributed by atoms with Crippen LogP contribution in [0.1, 0.15) is 11.1 Å². The van der Waals surface area contributed by atoms with Crippen molar-refractivity contribution in [3.05, 3.63) is 59.8 Å². The molecule has 1 aromatic heterocycles. The number of nitrogens with two attached hydrogens (primary N) is 1. The number of ether oxygens (including phenoxy) is 1. The zero-order valence-electron chi connectivity index (χ0n) is 11.9. The van der Waals surface area contributed by atoms with E-state index in [-0.39, 0.29) is 18.2 Å². The van der Waals surface area contributed by atoms with Gasteiger partial charge in [0, 0.05) is 12.7 Å². The second-order valence-corrected chi connectivity index (χ2v) is 4.52. The van der Waals surface area contributed by atoms with E-state index in [2.05, 4.69) is 10.3 Å². The maximum atomic E-state index is 11.5. The first-order valence-electron chi connectivity index (χ1n) is 6.71. The van der Waals surface area contributed by atoms with E-state index in [1.807, 2.05) is 30.3 Å². The van der Waals surface area contributed by atoms with E-state index in [9.17, 15) is 9.90 Å². The minimum Gasteiger partial charge on any atom is -0.504 e. The van der Waals surface area contributed by atoms with Crippen molar-refractivity contribution >= 4 is 18.0 Å². The Hall–Kier alpha value is -3.02. The molecule has 0 aliphatic carbocycles. The Labute approximate surface area is 128 Å². The van der Waals surface area contributed by atoms with E-state index < -0.39 is 6.09 Å². The highest BCUT2D eigenvalue weighted by atomic mass is 16.5. The van der Waals surface area contributed by atoms with Crippen LogP contribution in [-0.2, 0) is 11.3 Å². The molecule has 6 heteroatoms. The monoisotopic (exact) mass is 299 g/mol. The Bertz CT molecular complexity index is 657. The fourth-order valence-electron chi connectivity index (χ4n) is 1.68. The first kappa shape index (κ1) is 15.4. The van der Waals surface area contributed by atoms with Crippen molar-refractivity contribution in [3.8, 4) is 5.75 Å². The Kier molecular flexibility index (Phi) is 5.37. The van der Waals surface area contributed by atoms with Gasteiger partial charge in [-0.25, -0.2) is 9.78 Å². The summed E-state index contributed by atoms with van der Waals surface area (Å²) >= 11 is 0. The maximum Gasteiger partial charge on any atom is 0.407 e. The summed E-state index contributed by atoms with van der Waals surface area (Å²) in [5.41, 5.74) is 7.02. The number of carbonyl (C=O) groups is 1. The third-order valence-corrected chi connectivity index (χ3v) is 2.81. The largest absolute Gasteiger partial charge is 0.504 e. The third-order valence-electron chi connectivity index (χ3n) is 2.81. The van der Waals surface area contributed by atoms with E-state index in [0.717, 1.165) is 5.56 Å². The molecular formula is C16H17N3O3. The van der Waals surface area contributed by atoms with Gasteiger partial charge in [0.1, 0.15) is 6.61 Å². The predicted octanol–water partition coefficient (Wildman–Crippen LogP) is 2.31. The van der Waals surface area contributed by atoms with E-state index in [1.165, 1.54) is 12.3 Å². The predicted molar refractivity (Wildman–Crippen MR) is 84.0 cm³/mol. The summed E-state index contributed by atoms with van der Waals surface area (Å²) in [5, 5.41) is 12.0. The molecule has 22 heavy (non-hydrogen) atoms. The van der Waals surface area contributed by atoms with E-state index in [0.29, 0.717) is 12.1 Å². The van der Waals surface area contributed by atoms with Crippen LogP contribution in [0.3, 0.4) is 0 Å². The smallest absolute Gasteiger partial charge is 0.407 e. The van der Waals surface area contributed by atoms with Gasteiger partial charge in [-0.3, -0.25) is 0 Å². The number of aromatic hydroxyl groups is 1. The van der Waals surface area contributed by atoms with Crippen molar-refractivity contribution in [1.29, 1.82) is 0 Å². The van der Waals surface area contributed by atoms with E-state index in [4.69, 9.17) is 10.5 Å². The van der Waals surface area contributed by atoms with Gasteiger partial charge in [0.2, 0.25) is 0 Å². The average molecular weight is 299 g/mol. The van der Waals surface area contributed by atoms with Gasteiger partial charge in [-0.1, -0.05) is 42.5 Å². The van der Waals surface area contributed by atoms with Crippen LogP contribution in [0.25, 0.3) is 6.08 Å². The van der Waals surface area contributed by atoms with Gasteiger partial charge in [-0.15, -0.1) is 0 Å². The summed E-state index contributed by atoms with van der Waals surface area (Å²) in [5.74, 6) is 0.0112. The van der Waals surface area contributed by atoms with Gasteiger partial charge >= 0.3 is 6.09 Å². The van der Waals surface area contributed by atoms with Crippen LogP contribution in [0.15, 0.2) is 48.7 Å². The van der Waals surface area contributed by atoms with Crippen LogP contribution in [0, 0.1) is 0 Å². The molecule has 0 unspecified atom stereocenters. The summed E-state index contributed by atoms with van der Waals surface area (Å²) in [6, 6.07) is 10.9. The summed E-state index contributed by atoms with van der Waals surface area (Å²) in [4.78, 5) is 15.3. The van der Waals surface area contributed by atoms with Crippen molar-refractivity contribution in [2.75, 3.05) is 12.3 Å². The lowest BCUT2D eigenvalue weighted by molar-refractivity contribution is 0.141. The van der Waals surface area contributed by atoms with Crippen LogP contribution < -0.4 is 11.1 Å². The second kappa shape index (κ2) is 7.68. The van der Waals surface area contributed by atoms with Crippen LogP contribution in [0.5, 0.6) is 5.75 Å². The molecule has 0 spiro atoms. The molecule has 4 N–H and O–H groups in total. The highest BCUT2D eigenvalue weighted by molar-refractivity contribution is 5.67. The topological polar surface area (TPSA) is 97.5 Å². The first-order valence-corrected chi connectivity index (χ1v) is 6.71. The lowest BCUT2D eigenvalue weighted by Gasteiger charge is -2.05. The Morgan fingerprint density at radius 2 is 2.14 bits per heavy atom. The van der Waals surface area contributed by atoms with Gasteiger partial charge in [0.15, 0.2) is 11.6 Å². The van der Waals surface area contributed by atoms with Gasteiger partial charge in [0.05, 0.1) is 0 Å². The number of nitrogens with one attached hydrogen (secondary N) is 1. The SMILES string of the molecule is Nc1ncc(C=CCNC(=O)OCc2ccccc2)cc1O. The number of anilines is 1. The van der Waals surface area contributed by atoms with Crippen molar-refractivity contribution < 1.29 is 14.6 Å². The lowest BCUT2D eigenvalue weighted by Crippen LogP contribution is -2.24. The molecule has 1 amide bonds. The summed E-state index contributed by atoms with van der Waals surface area (Å²) in [7, 11) is 0. The molecular weight excluding hydrogens is 282 g/mol. The summed E-state index contributed by atoms with van der Waals surface area (Å²) in [6.07, 6.45) is 4.46. The number of carbonyl (C=O) groups excluding carboxylic acids is 1. The lowest BCUT2D eigenvalue weighted by atomic mass is 10.2. The number of rotatable bonds is 5. The molecule has 114 valence electrons. The molecule has 0 bridgehead atoms. The minimum atomic E-state index is -0.494. The zero-order chi connectivity index (χ0) is 15.8. The summed E-state index contributed by atoms with van der Waals surface area (Å²) < 4.78 is 5.06. The molecule has 0 saturated carbocycles. The van der Waals surface area contributed by atoms with E-state index in [1.54, 1.807) is 12.2 Å². The molecule has 0 fully saturated rings. The van der Waals surface area contributed by atoms with Crippen molar-refractivity contribution in [1.82, 2.24) is 10.3 Å². The van der Waals surface area contributed by atoms with Crippen LogP contribution in [0.2, 0.25) is 0 Å². The highest BCUT2D eigenvalue weighted by Crippen LogP contribution is 2.17. The van der Waals surface area contributed by atoms with Gasteiger partial charge < -0.3 is 20.9 Å². The third kappa shape index (κ3) is 4.82. The molecule has 0 saturated heterocycles. The number of aromatic nitrogens is 1. The molecule has 2 rings (SSSR count). The maximum absolute atomic E-state index is 11.5. The van der Waals surface area contributed by atoms with Gasteiger partial charge in [0.25, 0.3) is 0 Å².